The zero-order valence-corrected chi connectivity index (χ0v) is 12.9. The average molecular weight is 334 g/mol. The van der Waals surface area contributed by atoms with Gasteiger partial charge in [0.15, 0.2) is 0 Å². The minimum atomic E-state index is -3.86. The van der Waals surface area contributed by atoms with Crippen LogP contribution in [0.4, 0.5) is 10.1 Å². The predicted octanol–water partition coefficient (Wildman–Crippen LogP) is 2.30. The number of rotatable bonds is 5. The van der Waals surface area contributed by atoms with Crippen LogP contribution < -0.4 is 4.72 Å². The van der Waals surface area contributed by atoms with Crippen molar-refractivity contribution in [1.29, 1.82) is 0 Å². The van der Waals surface area contributed by atoms with Crippen molar-refractivity contribution in [3.05, 3.63) is 34.1 Å². The molecule has 1 aliphatic rings. The van der Waals surface area contributed by atoms with E-state index < -0.39 is 26.5 Å². The maximum absolute atomic E-state index is 13.5. The number of sulfonamides is 1. The van der Waals surface area contributed by atoms with Crippen LogP contribution in [0, 0.1) is 15.9 Å². The molecule has 1 aromatic rings. The van der Waals surface area contributed by atoms with Gasteiger partial charge in [0, 0.05) is 23.4 Å². The van der Waals surface area contributed by atoms with Crippen LogP contribution in [-0.4, -0.2) is 30.9 Å². The van der Waals surface area contributed by atoms with Crippen LogP contribution >= 0.6 is 11.8 Å². The molecular weight excluding hydrogens is 319 g/mol. The molecule has 0 saturated heterocycles. The first kappa shape index (κ1) is 16.2. The Morgan fingerprint density at radius 1 is 1.43 bits per heavy atom. The Morgan fingerprint density at radius 3 is 2.67 bits per heavy atom. The van der Waals surface area contributed by atoms with Crippen LogP contribution in [0.15, 0.2) is 23.1 Å². The maximum Gasteiger partial charge on any atom is 0.304 e. The molecule has 0 radical (unpaired) electrons. The first-order chi connectivity index (χ1) is 9.83. The molecule has 21 heavy (non-hydrogen) atoms. The van der Waals surface area contributed by atoms with Gasteiger partial charge in [-0.1, -0.05) is 0 Å². The number of thioether (sulfide) groups is 1. The van der Waals surface area contributed by atoms with Crippen molar-refractivity contribution in [3.8, 4) is 0 Å². The van der Waals surface area contributed by atoms with Crippen molar-refractivity contribution in [2.24, 2.45) is 0 Å². The van der Waals surface area contributed by atoms with Crippen LogP contribution in [0.5, 0.6) is 0 Å². The number of hydrogen-bond donors (Lipinski definition) is 1. The standard InChI is InChI=1S/C12H15FN2O4S2/c1-20-9-3-2-8(6-9)14-21(18,19)10-4-5-12(15(16)17)11(13)7-10/h4-5,7-9,14H,2-3,6H2,1H3. The lowest BCUT2D eigenvalue weighted by molar-refractivity contribution is -0.387. The first-order valence-corrected chi connectivity index (χ1v) is 9.09. The van der Waals surface area contributed by atoms with Crippen molar-refractivity contribution in [2.45, 2.75) is 35.4 Å². The molecule has 0 bridgehead atoms. The fraction of sp³-hybridized carbons (Fsp3) is 0.500. The maximum atomic E-state index is 13.5. The highest BCUT2D eigenvalue weighted by Gasteiger charge is 2.29. The molecule has 0 spiro atoms. The van der Waals surface area contributed by atoms with Gasteiger partial charge in [-0.3, -0.25) is 10.1 Å². The minimum absolute atomic E-state index is 0.175. The average Bonchev–Trinajstić information content (AvgIpc) is 2.85. The highest BCUT2D eigenvalue weighted by molar-refractivity contribution is 7.99. The second-order valence-electron chi connectivity index (χ2n) is 4.86. The number of nitrogens with zero attached hydrogens (tertiary/aromatic N) is 1. The molecule has 0 amide bonds. The van der Waals surface area contributed by atoms with Crippen molar-refractivity contribution in [3.63, 3.8) is 0 Å². The summed E-state index contributed by atoms with van der Waals surface area (Å²) in [7, 11) is -3.86. The third kappa shape index (κ3) is 3.72. The lowest BCUT2D eigenvalue weighted by Crippen LogP contribution is -2.33. The van der Waals surface area contributed by atoms with E-state index in [2.05, 4.69) is 4.72 Å². The summed E-state index contributed by atoms with van der Waals surface area (Å²) in [6, 6.07) is 2.42. The molecular formula is C12H15FN2O4S2. The van der Waals surface area contributed by atoms with Crippen molar-refractivity contribution >= 4 is 27.5 Å². The lowest BCUT2D eigenvalue weighted by atomic mass is 10.3. The molecule has 9 heteroatoms. The van der Waals surface area contributed by atoms with Crippen molar-refractivity contribution < 1.29 is 17.7 Å². The highest BCUT2D eigenvalue weighted by atomic mass is 32.2. The van der Waals surface area contributed by atoms with E-state index in [1.165, 1.54) is 0 Å². The Hall–Kier alpha value is -1.19. The van der Waals surface area contributed by atoms with E-state index >= 15 is 0 Å². The van der Waals surface area contributed by atoms with Crippen LogP contribution in [0.1, 0.15) is 19.3 Å². The van der Waals surface area contributed by atoms with E-state index in [-0.39, 0.29) is 10.9 Å². The summed E-state index contributed by atoms with van der Waals surface area (Å²) in [5.74, 6) is -1.16. The summed E-state index contributed by atoms with van der Waals surface area (Å²) >= 11 is 1.70. The summed E-state index contributed by atoms with van der Waals surface area (Å²) in [6.07, 6.45) is 4.38. The fourth-order valence-electron chi connectivity index (χ4n) is 2.35. The molecule has 1 N–H and O–H groups in total. The molecule has 2 rings (SSSR count). The van der Waals surface area contributed by atoms with Gasteiger partial charge in [0.25, 0.3) is 0 Å². The Bertz CT molecular complexity index is 651. The van der Waals surface area contributed by atoms with E-state index in [1.54, 1.807) is 11.8 Å². The number of benzene rings is 1. The topological polar surface area (TPSA) is 89.3 Å². The van der Waals surface area contributed by atoms with Crippen LogP contribution in [0.25, 0.3) is 0 Å². The molecule has 0 aromatic heterocycles. The molecule has 116 valence electrons. The summed E-state index contributed by atoms with van der Waals surface area (Å²) in [5.41, 5.74) is -0.739. The van der Waals surface area contributed by atoms with Crippen LogP contribution in [-0.2, 0) is 10.0 Å². The lowest BCUT2D eigenvalue weighted by Gasteiger charge is -2.13. The van der Waals surface area contributed by atoms with E-state index in [9.17, 15) is 22.9 Å². The Labute approximate surface area is 126 Å². The van der Waals surface area contributed by atoms with Gasteiger partial charge in [-0.15, -0.1) is 0 Å². The number of nitrogens with one attached hydrogen (secondary N) is 1. The molecule has 1 aromatic carbocycles. The third-order valence-corrected chi connectivity index (χ3v) is 6.08. The van der Waals surface area contributed by atoms with E-state index in [0.717, 1.165) is 31.4 Å². The van der Waals surface area contributed by atoms with Crippen LogP contribution in [0.3, 0.4) is 0 Å². The summed E-state index contributed by atoms with van der Waals surface area (Å²) < 4.78 is 40.4. The molecule has 1 aliphatic carbocycles. The Kier molecular flexibility index (Phi) is 4.84. The third-order valence-electron chi connectivity index (χ3n) is 3.47. The molecule has 0 aliphatic heterocycles. The first-order valence-electron chi connectivity index (χ1n) is 6.32. The Balaban J connectivity index is 2.16. The van der Waals surface area contributed by atoms with E-state index in [0.29, 0.717) is 11.3 Å². The molecule has 6 nitrogen and oxygen atoms in total. The summed E-state index contributed by atoms with van der Waals surface area (Å²) in [6.45, 7) is 0. The normalized spacial score (nSPS) is 22.4. The van der Waals surface area contributed by atoms with Crippen molar-refractivity contribution in [1.82, 2.24) is 4.72 Å². The van der Waals surface area contributed by atoms with Gasteiger partial charge in [0.1, 0.15) is 0 Å². The number of nitro groups is 1. The van der Waals surface area contributed by atoms with Gasteiger partial charge in [0.05, 0.1) is 9.82 Å². The molecule has 1 saturated carbocycles. The SMILES string of the molecule is CSC1CCC(NS(=O)(=O)c2ccc([N+](=O)[O-])c(F)c2)C1. The van der Waals surface area contributed by atoms with Crippen molar-refractivity contribution in [2.75, 3.05) is 6.26 Å². The molecule has 1 fully saturated rings. The van der Waals surface area contributed by atoms with Gasteiger partial charge in [-0.2, -0.15) is 16.2 Å². The zero-order chi connectivity index (χ0) is 15.6. The van der Waals surface area contributed by atoms with Gasteiger partial charge >= 0.3 is 5.69 Å². The second-order valence-corrected chi connectivity index (χ2v) is 7.71. The van der Waals surface area contributed by atoms with Gasteiger partial charge in [-0.25, -0.2) is 13.1 Å². The largest absolute Gasteiger partial charge is 0.304 e. The van der Waals surface area contributed by atoms with E-state index in [1.807, 2.05) is 6.26 Å². The van der Waals surface area contributed by atoms with Gasteiger partial charge in [-0.05, 0) is 31.6 Å². The number of hydrogen-bond acceptors (Lipinski definition) is 5. The zero-order valence-electron chi connectivity index (χ0n) is 11.3. The summed E-state index contributed by atoms with van der Waals surface area (Å²) in [5, 5.41) is 11.0. The monoisotopic (exact) mass is 334 g/mol. The quantitative estimate of drug-likeness (QED) is 0.659. The molecule has 2 atom stereocenters. The smallest absolute Gasteiger partial charge is 0.258 e. The molecule has 0 heterocycles. The predicted molar refractivity (Wildman–Crippen MR) is 78.3 cm³/mol. The summed E-state index contributed by atoms with van der Waals surface area (Å²) in [4.78, 5) is 9.35. The number of nitro benzene ring substituents is 1. The molecule has 2 unspecified atom stereocenters. The van der Waals surface area contributed by atoms with Gasteiger partial charge < -0.3 is 0 Å². The minimum Gasteiger partial charge on any atom is -0.258 e. The number of halogens is 1. The van der Waals surface area contributed by atoms with Gasteiger partial charge in [0.2, 0.25) is 15.8 Å². The fourth-order valence-corrected chi connectivity index (χ4v) is 4.44. The Morgan fingerprint density at radius 2 is 2.14 bits per heavy atom. The second kappa shape index (κ2) is 6.29. The van der Waals surface area contributed by atoms with E-state index in [4.69, 9.17) is 0 Å². The highest BCUT2D eigenvalue weighted by Crippen LogP contribution is 2.29. The van der Waals surface area contributed by atoms with Crippen LogP contribution in [0.2, 0.25) is 0 Å².